The van der Waals surface area contributed by atoms with Gasteiger partial charge in [-0.1, -0.05) is 17.7 Å². The van der Waals surface area contributed by atoms with Gasteiger partial charge in [0.1, 0.15) is 10.8 Å². The zero-order chi connectivity index (χ0) is 15.4. The fourth-order valence-corrected chi connectivity index (χ4v) is 2.65. The zero-order valence-corrected chi connectivity index (χ0v) is 12.8. The van der Waals surface area contributed by atoms with Crippen molar-refractivity contribution in [2.75, 3.05) is 12.4 Å². The van der Waals surface area contributed by atoms with E-state index in [4.69, 9.17) is 4.74 Å². The molecule has 1 heterocycles. The van der Waals surface area contributed by atoms with Gasteiger partial charge < -0.3 is 10.1 Å². The van der Waals surface area contributed by atoms with E-state index < -0.39 is 5.97 Å². The van der Waals surface area contributed by atoms with Crippen molar-refractivity contribution in [1.82, 2.24) is 5.32 Å². The Morgan fingerprint density at radius 3 is 2.43 bits per heavy atom. The molecule has 0 aliphatic rings. The molecule has 0 aliphatic heterocycles. The van der Waals surface area contributed by atoms with Crippen LogP contribution in [0.5, 0.6) is 5.75 Å². The van der Waals surface area contributed by atoms with Gasteiger partial charge >= 0.3 is 12.0 Å². The Balaban J connectivity index is 2.20. The van der Waals surface area contributed by atoms with Gasteiger partial charge in [-0.05, 0) is 36.9 Å². The van der Waals surface area contributed by atoms with Crippen LogP contribution >= 0.6 is 11.3 Å². The van der Waals surface area contributed by atoms with Crippen LogP contribution in [0.25, 0.3) is 0 Å². The molecule has 0 spiro atoms. The number of nitrogens with one attached hydrogen (secondary N) is 2. The summed E-state index contributed by atoms with van der Waals surface area (Å²) in [6.45, 7) is 3.76. The van der Waals surface area contributed by atoms with Gasteiger partial charge in [0.2, 0.25) is 0 Å². The van der Waals surface area contributed by atoms with Crippen molar-refractivity contribution in [1.29, 1.82) is 0 Å². The third kappa shape index (κ3) is 3.61. The summed E-state index contributed by atoms with van der Waals surface area (Å²) < 4.78 is 5.35. The Bertz CT molecular complexity index is 662. The number of carbonyl (C=O) groups excluding carboxylic acids is 2. The van der Waals surface area contributed by atoms with E-state index in [-0.39, 0.29) is 6.03 Å². The summed E-state index contributed by atoms with van der Waals surface area (Å²) >= 11 is 1.29. The Morgan fingerprint density at radius 2 is 1.81 bits per heavy atom. The molecule has 21 heavy (non-hydrogen) atoms. The SMILES string of the molecule is CNC(=O)Nc1scc(C)c1C(=O)Oc1ccc(C)cc1. The number of rotatable bonds is 3. The lowest BCUT2D eigenvalue weighted by Crippen LogP contribution is -2.25. The molecule has 0 saturated heterocycles. The third-order valence-corrected chi connectivity index (χ3v) is 3.88. The van der Waals surface area contributed by atoms with Crippen LogP contribution in [0.3, 0.4) is 0 Å². The van der Waals surface area contributed by atoms with Crippen molar-refractivity contribution in [3.05, 3.63) is 46.3 Å². The highest BCUT2D eigenvalue weighted by atomic mass is 32.1. The molecule has 6 heteroatoms. The van der Waals surface area contributed by atoms with E-state index >= 15 is 0 Å². The summed E-state index contributed by atoms with van der Waals surface area (Å²) in [5, 5.41) is 7.35. The standard InChI is InChI=1S/C15H16N2O3S/c1-9-4-6-11(7-5-9)20-14(18)12-10(2)8-21-13(12)17-15(19)16-3/h4-8H,1-3H3,(H2,16,17,19). The molecule has 0 radical (unpaired) electrons. The molecular weight excluding hydrogens is 288 g/mol. The van der Waals surface area contributed by atoms with E-state index in [1.54, 1.807) is 24.4 Å². The molecule has 0 unspecified atom stereocenters. The minimum Gasteiger partial charge on any atom is -0.423 e. The zero-order valence-electron chi connectivity index (χ0n) is 12.0. The molecule has 0 aliphatic carbocycles. The van der Waals surface area contributed by atoms with Gasteiger partial charge in [0, 0.05) is 7.05 Å². The van der Waals surface area contributed by atoms with Crippen molar-refractivity contribution in [3.8, 4) is 5.75 Å². The van der Waals surface area contributed by atoms with E-state index in [0.29, 0.717) is 16.3 Å². The van der Waals surface area contributed by atoms with Gasteiger partial charge in [0.05, 0.1) is 5.56 Å². The fraction of sp³-hybridized carbons (Fsp3) is 0.200. The van der Waals surface area contributed by atoms with Crippen molar-refractivity contribution in [2.24, 2.45) is 0 Å². The maximum absolute atomic E-state index is 12.3. The predicted molar refractivity (Wildman–Crippen MR) is 83.3 cm³/mol. The van der Waals surface area contributed by atoms with Gasteiger partial charge in [0.15, 0.2) is 0 Å². The molecule has 5 nitrogen and oxygen atoms in total. The number of esters is 1. The van der Waals surface area contributed by atoms with Crippen LogP contribution in [-0.4, -0.2) is 19.0 Å². The highest BCUT2D eigenvalue weighted by Crippen LogP contribution is 2.29. The van der Waals surface area contributed by atoms with Crippen LogP contribution < -0.4 is 15.4 Å². The van der Waals surface area contributed by atoms with Gasteiger partial charge in [-0.25, -0.2) is 9.59 Å². The summed E-state index contributed by atoms with van der Waals surface area (Å²) in [6, 6.07) is 6.84. The molecule has 110 valence electrons. The van der Waals surface area contributed by atoms with Crippen molar-refractivity contribution in [2.45, 2.75) is 13.8 Å². The number of thiophene rings is 1. The summed E-state index contributed by atoms with van der Waals surface area (Å²) in [5.41, 5.74) is 2.23. The van der Waals surface area contributed by atoms with Crippen LogP contribution in [-0.2, 0) is 0 Å². The van der Waals surface area contributed by atoms with Crippen LogP contribution in [0, 0.1) is 13.8 Å². The summed E-state index contributed by atoms with van der Waals surface area (Å²) in [6.07, 6.45) is 0. The number of amides is 2. The first-order valence-corrected chi connectivity index (χ1v) is 7.25. The maximum atomic E-state index is 12.3. The van der Waals surface area contributed by atoms with E-state index in [9.17, 15) is 9.59 Å². The fourth-order valence-electron chi connectivity index (χ4n) is 1.72. The summed E-state index contributed by atoms with van der Waals surface area (Å²) in [5.74, 6) is -0.00824. The van der Waals surface area contributed by atoms with Crippen LogP contribution in [0.4, 0.5) is 9.80 Å². The first kappa shape index (κ1) is 15.1. The monoisotopic (exact) mass is 304 g/mol. The summed E-state index contributed by atoms with van der Waals surface area (Å²) in [7, 11) is 1.51. The topological polar surface area (TPSA) is 67.4 Å². The molecule has 0 saturated carbocycles. The third-order valence-electron chi connectivity index (χ3n) is 2.86. The molecule has 2 rings (SSSR count). The lowest BCUT2D eigenvalue weighted by Gasteiger charge is -2.08. The molecule has 2 N–H and O–H groups in total. The van der Waals surface area contributed by atoms with Crippen molar-refractivity contribution in [3.63, 3.8) is 0 Å². The van der Waals surface area contributed by atoms with Crippen molar-refractivity contribution < 1.29 is 14.3 Å². The largest absolute Gasteiger partial charge is 0.423 e. The highest BCUT2D eigenvalue weighted by Gasteiger charge is 2.20. The highest BCUT2D eigenvalue weighted by molar-refractivity contribution is 7.15. The van der Waals surface area contributed by atoms with E-state index in [2.05, 4.69) is 10.6 Å². The van der Waals surface area contributed by atoms with Gasteiger partial charge in [-0.2, -0.15) is 0 Å². The van der Waals surface area contributed by atoms with Gasteiger partial charge in [-0.15, -0.1) is 11.3 Å². The lowest BCUT2D eigenvalue weighted by molar-refractivity contribution is 0.0735. The molecule has 0 atom stereocenters. The molecule has 2 aromatic rings. The average Bonchev–Trinajstić information content (AvgIpc) is 2.82. The van der Waals surface area contributed by atoms with Crippen LogP contribution in [0.1, 0.15) is 21.5 Å². The van der Waals surface area contributed by atoms with Gasteiger partial charge in [0.25, 0.3) is 0 Å². The number of hydrogen-bond donors (Lipinski definition) is 2. The van der Waals surface area contributed by atoms with Crippen molar-refractivity contribution >= 4 is 28.3 Å². The number of anilines is 1. The summed E-state index contributed by atoms with van der Waals surface area (Å²) in [4.78, 5) is 23.7. The minimum atomic E-state index is -0.482. The Hall–Kier alpha value is -2.34. The predicted octanol–water partition coefficient (Wildman–Crippen LogP) is 3.34. The molecule has 1 aromatic heterocycles. The smallest absolute Gasteiger partial charge is 0.346 e. The van der Waals surface area contributed by atoms with E-state index in [1.165, 1.54) is 18.4 Å². The second-order valence-corrected chi connectivity index (χ2v) is 5.41. The number of aryl methyl sites for hydroxylation is 2. The molecule has 0 bridgehead atoms. The number of benzene rings is 1. The number of hydrogen-bond acceptors (Lipinski definition) is 4. The minimum absolute atomic E-state index is 0.374. The number of carbonyl (C=O) groups is 2. The second-order valence-electron chi connectivity index (χ2n) is 4.53. The molecule has 1 aromatic carbocycles. The Morgan fingerprint density at radius 1 is 1.14 bits per heavy atom. The first-order valence-electron chi connectivity index (χ1n) is 6.37. The second kappa shape index (κ2) is 6.41. The number of ether oxygens (including phenoxy) is 1. The first-order chi connectivity index (χ1) is 10.0. The quantitative estimate of drug-likeness (QED) is 0.675. The Labute approximate surface area is 126 Å². The lowest BCUT2D eigenvalue weighted by atomic mass is 10.2. The Kier molecular flexibility index (Phi) is 4.59. The van der Waals surface area contributed by atoms with E-state index in [1.807, 2.05) is 19.1 Å². The molecular formula is C15H16N2O3S. The molecule has 2 amide bonds. The van der Waals surface area contributed by atoms with E-state index in [0.717, 1.165) is 11.1 Å². The van der Waals surface area contributed by atoms with Crippen LogP contribution in [0.15, 0.2) is 29.6 Å². The van der Waals surface area contributed by atoms with Crippen LogP contribution in [0.2, 0.25) is 0 Å². The average molecular weight is 304 g/mol. The number of urea groups is 1. The normalized spacial score (nSPS) is 10.0. The van der Waals surface area contributed by atoms with Gasteiger partial charge in [-0.3, -0.25) is 5.32 Å². The maximum Gasteiger partial charge on any atom is 0.346 e. The molecule has 0 fully saturated rings.